The van der Waals surface area contributed by atoms with Crippen molar-refractivity contribution in [3.8, 4) is 0 Å². The fourth-order valence-electron chi connectivity index (χ4n) is 4.13. The number of benzene rings is 2. The Hall–Kier alpha value is -2.13. The quantitative estimate of drug-likeness (QED) is 0.584. The third kappa shape index (κ3) is 3.93. The van der Waals surface area contributed by atoms with Gasteiger partial charge >= 0.3 is 0 Å². The molecule has 0 saturated heterocycles. The molecule has 3 heteroatoms. The number of carbonyl (C=O) groups is 1. The van der Waals surface area contributed by atoms with Gasteiger partial charge in [0.15, 0.2) is 0 Å². The molecule has 1 N–H and O–H groups in total. The first-order valence-corrected chi connectivity index (χ1v) is 10.8. The second-order valence-electron chi connectivity index (χ2n) is 7.91. The van der Waals surface area contributed by atoms with Crippen LogP contribution in [0.2, 0.25) is 0 Å². The molecular formula is C24H27NOS. The van der Waals surface area contributed by atoms with Gasteiger partial charge in [0.25, 0.3) is 5.91 Å². The molecule has 1 aliphatic carbocycles. The van der Waals surface area contributed by atoms with Crippen LogP contribution in [0, 0.1) is 12.8 Å². The Kier molecular flexibility index (Phi) is 5.31. The van der Waals surface area contributed by atoms with Crippen LogP contribution in [0.5, 0.6) is 0 Å². The predicted octanol–water partition coefficient (Wildman–Crippen LogP) is 6.11. The lowest BCUT2D eigenvalue weighted by Gasteiger charge is -2.29. The highest BCUT2D eigenvalue weighted by Gasteiger charge is 2.25. The number of carbonyl (C=O) groups excluding carboxylic acids is 1. The summed E-state index contributed by atoms with van der Waals surface area (Å²) in [6.45, 7) is 4.37. The molecule has 1 saturated carbocycles. The number of nitrogens with one attached hydrogen (secondary N) is 1. The molecule has 0 radical (unpaired) electrons. The van der Waals surface area contributed by atoms with Crippen LogP contribution in [0.4, 0.5) is 0 Å². The molecule has 0 spiro atoms. The first-order chi connectivity index (χ1) is 13.1. The summed E-state index contributed by atoms with van der Waals surface area (Å²) < 4.78 is 1.20. The van der Waals surface area contributed by atoms with Gasteiger partial charge in [-0.1, -0.05) is 67.8 Å². The van der Waals surface area contributed by atoms with Gasteiger partial charge in [-0.2, -0.15) is 0 Å². The Morgan fingerprint density at radius 2 is 1.81 bits per heavy atom. The molecule has 140 valence electrons. The molecule has 1 aromatic heterocycles. The summed E-state index contributed by atoms with van der Waals surface area (Å²) in [6.07, 6.45) is 5.62. The standard InChI is InChI=1S/C24H27NOS/c1-16-11-13-18(14-12-16)15-20-19-8-4-6-10-22(19)27-23(20)24(26)25-21-9-5-3-7-17(21)2/h4,6,8,10-14,17,21H,3,5,7,9,15H2,1-2H3,(H,25,26). The van der Waals surface area contributed by atoms with Crippen molar-refractivity contribution >= 4 is 27.3 Å². The minimum Gasteiger partial charge on any atom is -0.348 e. The van der Waals surface area contributed by atoms with Crippen LogP contribution in [-0.2, 0) is 6.42 Å². The van der Waals surface area contributed by atoms with Crippen molar-refractivity contribution < 1.29 is 4.79 Å². The molecule has 1 aliphatic rings. The van der Waals surface area contributed by atoms with Gasteiger partial charge in [0.05, 0.1) is 4.88 Å². The molecule has 4 rings (SSSR count). The maximum absolute atomic E-state index is 13.2. The molecule has 2 aromatic carbocycles. The second kappa shape index (κ2) is 7.85. The van der Waals surface area contributed by atoms with Gasteiger partial charge < -0.3 is 5.32 Å². The van der Waals surface area contributed by atoms with Crippen molar-refractivity contribution in [3.63, 3.8) is 0 Å². The van der Waals surface area contributed by atoms with Crippen molar-refractivity contribution in [3.05, 3.63) is 70.1 Å². The average molecular weight is 378 g/mol. The minimum atomic E-state index is 0.108. The topological polar surface area (TPSA) is 29.1 Å². The van der Waals surface area contributed by atoms with E-state index in [9.17, 15) is 4.79 Å². The second-order valence-corrected chi connectivity index (χ2v) is 8.96. The third-order valence-electron chi connectivity index (χ3n) is 5.83. The Morgan fingerprint density at radius 3 is 2.59 bits per heavy atom. The van der Waals surface area contributed by atoms with E-state index in [0.717, 1.165) is 17.7 Å². The SMILES string of the molecule is Cc1ccc(Cc2c(C(=O)NC3CCCCC3C)sc3ccccc23)cc1. The van der Waals surface area contributed by atoms with Crippen molar-refractivity contribution in [2.24, 2.45) is 5.92 Å². The fraction of sp³-hybridized carbons (Fsp3) is 0.375. The lowest BCUT2D eigenvalue weighted by atomic mass is 9.86. The maximum atomic E-state index is 13.2. The fourth-order valence-corrected chi connectivity index (χ4v) is 5.26. The molecule has 2 atom stereocenters. The molecule has 2 unspecified atom stereocenters. The van der Waals surface area contributed by atoms with Crippen molar-refractivity contribution in [1.82, 2.24) is 5.32 Å². The van der Waals surface area contributed by atoms with E-state index in [1.807, 2.05) is 0 Å². The summed E-state index contributed by atoms with van der Waals surface area (Å²) in [7, 11) is 0. The van der Waals surface area contributed by atoms with E-state index in [1.54, 1.807) is 11.3 Å². The number of rotatable bonds is 4. The minimum absolute atomic E-state index is 0.108. The normalized spacial score (nSPS) is 19.9. The van der Waals surface area contributed by atoms with Gasteiger partial charge in [-0.15, -0.1) is 11.3 Å². The van der Waals surface area contributed by atoms with Gasteiger partial charge in [-0.25, -0.2) is 0 Å². The highest BCUT2D eigenvalue weighted by molar-refractivity contribution is 7.21. The molecule has 27 heavy (non-hydrogen) atoms. The maximum Gasteiger partial charge on any atom is 0.261 e. The van der Waals surface area contributed by atoms with Crippen molar-refractivity contribution in [2.75, 3.05) is 0 Å². The summed E-state index contributed by atoms with van der Waals surface area (Å²) in [5.41, 5.74) is 3.68. The Morgan fingerprint density at radius 1 is 1.07 bits per heavy atom. The molecule has 2 nitrogen and oxygen atoms in total. The summed E-state index contributed by atoms with van der Waals surface area (Å²) in [4.78, 5) is 14.1. The zero-order chi connectivity index (χ0) is 18.8. The number of amides is 1. The summed E-state index contributed by atoms with van der Waals surface area (Å²) >= 11 is 1.63. The van der Waals surface area contributed by atoms with Gasteiger partial charge in [0, 0.05) is 10.7 Å². The summed E-state index contributed by atoms with van der Waals surface area (Å²) in [5.74, 6) is 0.676. The smallest absolute Gasteiger partial charge is 0.261 e. The van der Waals surface area contributed by atoms with Gasteiger partial charge in [-0.3, -0.25) is 4.79 Å². The van der Waals surface area contributed by atoms with Crippen LogP contribution in [0.15, 0.2) is 48.5 Å². The largest absolute Gasteiger partial charge is 0.348 e. The number of fused-ring (bicyclic) bond motifs is 1. The van der Waals surface area contributed by atoms with E-state index >= 15 is 0 Å². The highest BCUT2D eigenvalue weighted by Crippen LogP contribution is 2.34. The number of thiophene rings is 1. The third-order valence-corrected chi connectivity index (χ3v) is 7.05. The van der Waals surface area contributed by atoms with E-state index in [2.05, 4.69) is 67.7 Å². The molecule has 3 aromatic rings. The van der Waals surface area contributed by atoms with Crippen molar-refractivity contribution in [1.29, 1.82) is 0 Å². The zero-order valence-electron chi connectivity index (χ0n) is 16.1. The van der Waals surface area contributed by atoms with Crippen molar-refractivity contribution in [2.45, 2.75) is 52.0 Å². The molecule has 1 amide bonds. The monoisotopic (exact) mass is 377 g/mol. The zero-order valence-corrected chi connectivity index (χ0v) is 16.9. The number of aryl methyl sites for hydroxylation is 1. The van der Waals surface area contributed by atoms with E-state index < -0.39 is 0 Å². The number of hydrogen-bond acceptors (Lipinski definition) is 2. The van der Waals surface area contributed by atoms with Crippen LogP contribution < -0.4 is 5.32 Å². The van der Waals surface area contributed by atoms with Gasteiger partial charge in [-0.05, 0) is 54.7 Å². The Labute approximate surface area is 165 Å². The molecule has 1 fully saturated rings. The van der Waals surface area contributed by atoms with Gasteiger partial charge in [0.1, 0.15) is 0 Å². The molecule has 0 aliphatic heterocycles. The molecular weight excluding hydrogens is 350 g/mol. The van der Waals surface area contributed by atoms with E-state index in [4.69, 9.17) is 0 Å². The summed E-state index contributed by atoms with van der Waals surface area (Å²) in [5, 5.41) is 4.57. The number of hydrogen-bond donors (Lipinski definition) is 1. The van der Waals surface area contributed by atoms with E-state index in [1.165, 1.54) is 46.0 Å². The van der Waals surface area contributed by atoms with Gasteiger partial charge in [0.2, 0.25) is 0 Å². The first-order valence-electron chi connectivity index (χ1n) is 9.98. The predicted molar refractivity (Wildman–Crippen MR) is 115 cm³/mol. The lowest BCUT2D eigenvalue weighted by Crippen LogP contribution is -2.41. The van der Waals surface area contributed by atoms with Crippen LogP contribution in [0.1, 0.15) is 59.0 Å². The average Bonchev–Trinajstić information content (AvgIpc) is 3.04. The van der Waals surface area contributed by atoms with E-state index in [0.29, 0.717) is 12.0 Å². The van der Waals surface area contributed by atoms with Crippen LogP contribution in [-0.4, -0.2) is 11.9 Å². The molecule has 1 heterocycles. The molecule has 0 bridgehead atoms. The first kappa shape index (κ1) is 18.2. The van der Waals surface area contributed by atoms with Crippen LogP contribution >= 0.6 is 11.3 Å². The Balaban J connectivity index is 1.66. The van der Waals surface area contributed by atoms with Crippen LogP contribution in [0.25, 0.3) is 10.1 Å². The Bertz CT molecular complexity index is 941. The van der Waals surface area contributed by atoms with E-state index in [-0.39, 0.29) is 5.91 Å². The summed E-state index contributed by atoms with van der Waals surface area (Å²) in [6, 6.07) is 17.3. The highest BCUT2D eigenvalue weighted by atomic mass is 32.1. The van der Waals surface area contributed by atoms with Crippen LogP contribution in [0.3, 0.4) is 0 Å². The lowest BCUT2D eigenvalue weighted by molar-refractivity contribution is 0.0914.